The molecular weight excluding hydrogens is 454 g/mol. The van der Waals surface area contributed by atoms with Gasteiger partial charge in [0.1, 0.15) is 12.4 Å². The van der Waals surface area contributed by atoms with Crippen molar-refractivity contribution in [1.29, 1.82) is 0 Å². The molecule has 1 aliphatic heterocycles. The Morgan fingerprint density at radius 3 is 2.50 bits per heavy atom. The molecule has 0 N–H and O–H groups in total. The average Bonchev–Trinajstić information content (AvgIpc) is 3.08. The van der Waals surface area contributed by atoms with Gasteiger partial charge in [0.2, 0.25) is 0 Å². The van der Waals surface area contributed by atoms with Crippen molar-refractivity contribution in [2.75, 3.05) is 34.0 Å². The first kappa shape index (κ1) is 23.9. The van der Waals surface area contributed by atoms with Gasteiger partial charge in [0.05, 0.1) is 34.0 Å². The van der Waals surface area contributed by atoms with Crippen LogP contribution >= 0.6 is 11.6 Å². The highest BCUT2D eigenvalue weighted by molar-refractivity contribution is 6.30. The molecule has 0 fully saturated rings. The van der Waals surface area contributed by atoms with E-state index in [0.717, 1.165) is 28.9 Å². The van der Waals surface area contributed by atoms with E-state index >= 15 is 0 Å². The summed E-state index contributed by atoms with van der Waals surface area (Å²) in [4.78, 5) is 14.8. The first-order valence-electron chi connectivity index (χ1n) is 11.2. The Hall–Kier alpha value is -3.22. The number of amides is 1. The van der Waals surface area contributed by atoms with Gasteiger partial charge in [0.25, 0.3) is 5.91 Å². The smallest absolute Gasteiger partial charge is 0.254 e. The van der Waals surface area contributed by atoms with Gasteiger partial charge in [-0.15, -0.1) is 0 Å². The van der Waals surface area contributed by atoms with Crippen molar-refractivity contribution in [3.05, 3.63) is 87.9 Å². The third-order valence-corrected chi connectivity index (χ3v) is 5.99. The summed E-state index contributed by atoms with van der Waals surface area (Å²) in [6.07, 6.45) is 0.762. The summed E-state index contributed by atoms with van der Waals surface area (Å²) < 4.78 is 22.5. The highest BCUT2D eigenvalue weighted by Crippen LogP contribution is 2.28. The van der Waals surface area contributed by atoms with Crippen molar-refractivity contribution in [3.63, 3.8) is 0 Å². The van der Waals surface area contributed by atoms with Crippen molar-refractivity contribution in [1.82, 2.24) is 4.90 Å². The van der Waals surface area contributed by atoms with Crippen molar-refractivity contribution in [3.8, 4) is 17.2 Å². The summed E-state index contributed by atoms with van der Waals surface area (Å²) in [6.45, 7) is 2.51. The van der Waals surface area contributed by atoms with Gasteiger partial charge in [0, 0.05) is 22.7 Å². The Morgan fingerprint density at radius 1 is 0.971 bits per heavy atom. The molecule has 0 radical (unpaired) electrons. The number of methoxy groups -OCH3 is 2. The predicted molar refractivity (Wildman–Crippen MR) is 131 cm³/mol. The average molecular weight is 482 g/mol. The van der Waals surface area contributed by atoms with Crippen LogP contribution in [0.2, 0.25) is 5.02 Å². The monoisotopic (exact) mass is 481 g/mol. The number of nitrogens with zero attached hydrogens (tertiary/aromatic N) is 1. The zero-order chi connectivity index (χ0) is 23.9. The van der Waals surface area contributed by atoms with E-state index in [9.17, 15) is 4.79 Å². The molecule has 0 saturated carbocycles. The number of benzene rings is 3. The van der Waals surface area contributed by atoms with Gasteiger partial charge in [0.15, 0.2) is 11.5 Å². The molecule has 0 unspecified atom stereocenters. The molecule has 0 saturated heterocycles. The lowest BCUT2D eigenvalue weighted by molar-refractivity contribution is 0.0733. The second-order valence-electron chi connectivity index (χ2n) is 8.02. The molecule has 1 aliphatic rings. The van der Waals surface area contributed by atoms with Crippen LogP contribution < -0.4 is 14.2 Å². The topological polar surface area (TPSA) is 57.2 Å². The summed E-state index contributed by atoms with van der Waals surface area (Å²) in [5.74, 6) is 2.19. The summed E-state index contributed by atoms with van der Waals surface area (Å²) in [6, 6.07) is 18.9. The standard InChI is InChI=1S/C27H28ClNO5/c1-31-25-10-3-19(16-26(25)32-2)11-13-33-18-20-4-9-24-22(15-20)17-29(12-14-34-24)27(30)21-5-7-23(28)8-6-21/h3-10,15-16H,11-14,17-18H2,1-2H3. The van der Waals surface area contributed by atoms with Crippen molar-refractivity contribution in [2.45, 2.75) is 19.6 Å². The highest BCUT2D eigenvalue weighted by atomic mass is 35.5. The van der Waals surface area contributed by atoms with Gasteiger partial charge < -0.3 is 23.8 Å². The largest absolute Gasteiger partial charge is 0.493 e. The summed E-state index contributed by atoms with van der Waals surface area (Å²) in [7, 11) is 3.25. The molecule has 3 aromatic carbocycles. The number of halogens is 1. The van der Waals surface area contributed by atoms with E-state index in [1.807, 2.05) is 30.3 Å². The lowest BCUT2D eigenvalue weighted by Crippen LogP contribution is -2.32. The Bertz CT molecular complexity index is 1130. The molecule has 1 heterocycles. The lowest BCUT2D eigenvalue weighted by atomic mass is 10.1. The molecular formula is C27H28ClNO5. The van der Waals surface area contributed by atoms with E-state index in [4.69, 9.17) is 30.5 Å². The molecule has 3 aromatic rings. The summed E-state index contributed by atoms with van der Waals surface area (Å²) in [5.41, 5.74) is 3.74. The minimum atomic E-state index is -0.0373. The molecule has 0 atom stereocenters. The van der Waals surface area contributed by atoms with E-state index in [2.05, 4.69) is 6.07 Å². The molecule has 0 bridgehead atoms. The molecule has 7 heteroatoms. The zero-order valence-corrected chi connectivity index (χ0v) is 20.1. The fraction of sp³-hybridized carbons (Fsp3) is 0.296. The third-order valence-electron chi connectivity index (χ3n) is 5.74. The second-order valence-corrected chi connectivity index (χ2v) is 8.45. The Balaban J connectivity index is 1.35. The molecule has 34 heavy (non-hydrogen) atoms. The zero-order valence-electron chi connectivity index (χ0n) is 19.4. The molecule has 4 rings (SSSR count). The maximum Gasteiger partial charge on any atom is 0.254 e. The number of carbonyl (C=O) groups excluding carboxylic acids is 1. The molecule has 0 spiro atoms. The Labute approximate surface area is 205 Å². The van der Waals surface area contributed by atoms with Crippen LogP contribution in [0.15, 0.2) is 60.7 Å². The minimum absolute atomic E-state index is 0.0373. The van der Waals surface area contributed by atoms with E-state index in [-0.39, 0.29) is 5.91 Å². The van der Waals surface area contributed by atoms with Gasteiger partial charge in [-0.25, -0.2) is 0 Å². The van der Waals surface area contributed by atoms with Crippen LogP contribution in [0, 0.1) is 0 Å². The van der Waals surface area contributed by atoms with E-state index in [1.165, 1.54) is 0 Å². The second kappa shape index (κ2) is 11.3. The van der Waals surface area contributed by atoms with E-state index < -0.39 is 0 Å². The molecule has 178 valence electrons. The quantitative estimate of drug-likeness (QED) is 0.416. The lowest BCUT2D eigenvalue weighted by Gasteiger charge is -2.20. The molecule has 6 nitrogen and oxygen atoms in total. The van der Waals surface area contributed by atoms with Crippen molar-refractivity contribution in [2.24, 2.45) is 0 Å². The minimum Gasteiger partial charge on any atom is -0.493 e. The van der Waals surface area contributed by atoms with Crippen LogP contribution in [0.1, 0.15) is 27.0 Å². The normalized spacial score (nSPS) is 13.0. The van der Waals surface area contributed by atoms with Gasteiger partial charge in [-0.1, -0.05) is 23.7 Å². The van der Waals surface area contributed by atoms with Crippen molar-refractivity contribution < 1.29 is 23.7 Å². The number of hydrogen-bond donors (Lipinski definition) is 0. The Kier molecular flexibility index (Phi) is 7.93. The number of ether oxygens (including phenoxy) is 4. The molecule has 0 aromatic heterocycles. The van der Waals surface area contributed by atoms with Crippen LogP contribution in [0.4, 0.5) is 0 Å². The van der Waals surface area contributed by atoms with Crippen molar-refractivity contribution >= 4 is 17.5 Å². The number of rotatable bonds is 8. The van der Waals surface area contributed by atoms with Gasteiger partial charge in [-0.3, -0.25) is 4.79 Å². The van der Waals surface area contributed by atoms with Crippen LogP contribution in [-0.2, 0) is 24.3 Å². The predicted octanol–water partition coefficient (Wildman–Crippen LogP) is 5.15. The highest BCUT2D eigenvalue weighted by Gasteiger charge is 2.21. The molecule has 1 amide bonds. The fourth-order valence-corrected chi connectivity index (χ4v) is 4.03. The number of carbonyl (C=O) groups is 1. The summed E-state index contributed by atoms with van der Waals surface area (Å²) >= 11 is 5.96. The van der Waals surface area contributed by atoms with Crippen LogP contribution in [-0.4, -0.2) is 44.8 Å². The van der Waals surface area contributed by atoms with Gasteiger partial charge in [-0.05, 0) is 66.1 Å². The maximum absolute atomic E-state index is 13.0. The van der Waals surface area contributed by atoms with Gasteiger partial charge >= 0.3 is 0 Å². The SMILES string of the molecule is COc1ccc(CCOCc2ccc3c(c2)CN(C(=O)c2ccc(Cl)cc2)CCO3)cc1OC. The molecule has 0 aliphatic carbocycles. The van der Waals surface area contributed by atoms with Gasteiger partial charge in [-0.2, -0.15) is 0 Å². The van der Waals surface area contributed by atoms with Crippen LogP contribution in [0.25, 0.3) is 0 Å². The number of fused-ring (bicyclic) bond motifs is 1. The summed E-state index contributed by atoms with van der Waals surface area (Å²) in [5, 5.41) is 0.608. The van der Waals surface area contributed by atoms with Crippen LogP contribution in [0.5, 0.6) is 17.2 Å². The first-order chi connectivity index (χ1) is 16.6. The van der Waals surface area contributed by atoms with E-state index in [0.29, 0.717) is 55.0 Å². The Morgan fingerprint density at radius 2 is 1.74 bits per heavy atom. The van der Waals surface area contributed by atoms with Crippen LogP contribution in [0.3, 0.4) is 0 Å². The maximum atomic E-state index is 13.0. The fourth-order valence-electron chi connectivity index (χ4n) is 3.90. The number of hydrogen-bond acceptors (Lipinski definition) is 5. The first-order valence-corrected chi connectivity index (χ1v) is 11.5. The van der Waals surface area contributed by atoms with E-state index in [1.54, 1.807) is 43.4 Å². The third kappa shape index (κ3) is 5.82.